The Kier molecular flexibility index (Phi) is 2.22. The van der Waals surface area contributed by atoms with E-state index in [0.29, 0.717) is 5.69 Å². The van der Waals surface area contributed by atoms with Crippen LogP contribution < -0.4 is 5.73 Å². The molecule has 5 heteroatoms. The van der Waals surface area contributed by atoms with E-state index in [0.717, 1.165) is 13.0 Å². The fourth-order valence-corrected chi connectivity index (χ4v) is 1.38. The molecule has 0 aliphatic heterocycles. The Morgan fingerprint density at radius 1 is 1.43 bits per heavy atom. The summed E-state index contributed by atoms with van der Waals surface area (Å²) in [6.07, 6.45) is 6.20. The molecule has 0 amide bonds. The maximum Gasteiger partial charge on any atom is 0.0719 e. The van der Waals surface area contributed by atoms with E-state index in [2.05, 4.69) is 10.2 Å². The van der Waals surface area contributed by atoms with E-state index in [1.54, 1.807) is 12.4 Å². The number of nitrogen functional groups attached to an aromatic ring is 1. The van der Waals surface area contributed by atoms with E-state index in [9.17, 15) is 0 Å². The third-order valence-corrected chi connectivity index (χ3v) is 2.17. The summed E-state index contributed by atoms with van der Waals surface area (Å²) in [5.74, 6) is 0. The molecule has 0 atom stereocenters. The molecule has 2 heterocycles. The van der Waals surface area contributed by atoms with E-state index in [1.165, 1.54) is 5.69 Å². The van der Waals surface area contributed by atoms with Gasteiger partial charge in [0.25, 0.3) is 0 Å². The zero-order valence-electron chi connectivity index (χ0n) is 8.09. The van der Waals surface area contributed by atoms with Crippen LogP contribution in [0.1, 0.15) is 5.69 Å². The predicted octanol–water partition coefficient (Wildman–Crippen LogP) is 0.442. The van der Waals surface area contributed by atoms with Gasteiger partial charge in [-0.25, -0.2) is 0 Å². The highest BCUT2D eigenvalue weighted by Gasteiger charge is 1.99. The van der Waals surface area contributed by atoms with Crippen LogP contribution in [0.4, 0.5) is 5.69 Å². The summed E-state index contributed by atoms with van der Waals surface area (Å²) in [5.41, 5.74) is 7.45. The third-order valence-electron chi connectivity index (χ3n) is 2.17. The van der Waals surface area contributed by atoms with Gasteiger partial charge in [-0.1, -0.05) is 0 Å². The minimum atomic E-state index is 0.704. The van der Waals surface area contributed by atoms with Crippen molar-refractivity contribution in [2.75, 3.05) is 5.73 Å². The molecule has 0 saturated heterocycles. The number of hydrogen-bond acceptors (Lipinski definition) is 3. The Bertz CT molecular complexity index is 414. The smallest absolute Gasteiger partial charge is 0.0719 e. The lowest BCUT2D eigenvalue weighted by molar-refractivity contribution is 0.586. The molecule has 0 saturated carbocycles. The summed E-state index contributed by atoms with van der Waals surface area (Å²) in [6, 6.07) is 2.01. The average Bonchev–Trinajstić information content (AvgIpc) is 2.72. The van der Waals surface area contributed by atoms with Gasteiger partial charge in [-0.15, -0.1) is 0 Å². The SMILES string of the molecule is Cn1nccc1CCn1cc(N)cn1. The van der Waals surface area contributed by atoms with Crippen LogP contribution in [0.25, 0.3) is 0 Å². The Morgan fingerprint density at radius 2 is 2.29 bits per heavy atom. The molecule has 0 aliphatic rings. The molecule has 2 N–H and O–H groups in total. The highest BCUT2D eigenvalue weighted by atomic mass is 15.3. The normalized spacial score (nSPS) is 10.6. The highest BCUT2D eigenvalue weighted by molar-refractivity contribution is 5.30. The zero-order chi connectivity index (χ0) is 9.97. The second kappa shape index (κ2) is 3.53. The monoisotopic (exact) mass is 191 g/mol. The van der Waals surface area contributed by atoms with Gasteiger partial charge in [0.05, 0.1) is 11.9 Å². The summed E-state index contributed by atoms with van der Waals surface area (Å²) in [6.45, 7) is 0.830. The number of nitrogens with zero attached hydrogens (tertiary/aromatic N) is 4. The lowest BCUT2D eigenvalue weighted by atomic mass is 10.3. The van der Waals surface area contributed by atoms with Crippen molar-refractivity contribution in [3.8, 4) is 0 Å². The van der Waals surface area contributed by atoms with Crippen molar-refractivity contribution >= 4 is 5.69 Å². The van der Waals surface area contributed by atoms with Crippen LogP contribution in [-0.4, -0.2) is 19.6 Å². The van der Waals surface area contributed by atoms with Crippen LogP contribution in [0.3, 0.4) is 0 Å². The van der Waals surface area contributed by atoms with Crippen LogP contribution in [0.5, 0.6) is 0 Å². The van der Waals surface area contributed by atoms with Gasteiger partial charge in [0.1, 0.15) is 0 Å². The van der Waals surface area contributed by atoms with Crippen LogP contribution in [0.2, 0.25) is 0 Å². The second-order valence-electron chi connectivity index (χ2n) is 3.23. The molecule has 74 valence electrons. The first-order valence-corrected chi connectivity index (χ1v) is 4.50. The topological polar surface area (TPSA) is 61.7 Å². The Balaban J connectivity index is 1.98. The minimum absolute atomic E-state index is 0.704. The quantitative estimate of drug-likeness (QED) is 0.765. The molecule has 2 aromatic rings. The molecule has 2 rings (SSSR count). The molecule has 14 heavy (non-hydrogen) atoms. The molecular formula is C9H13N5. The maximum atomic E-state index is 5.56. The van der Waals surface area contributed by atoms with E-state index < -0.39 is 0 Å². The van der Waals surface area contributed by atoms with Crippen molar-refractivity contribution in [2.24, 2.45) is 7.05 Å². The molecule has 2 aromatic heterocycles. The number of nitrogens with two attached hydrogens (primary N) is 1. The molecule has 0 bridgehead atoms. The molecule has 0 spiro atoms. The second-order valence-corrected chi connectivity index (χ2v) is 3.23. The van der Waals surface area contributed by atoms with Gasteiger partial charge in [0, 0.05) is 38.1 Å². The third kappa shape index (κ3) is 1.76. The Hall–Kier alpha value is -1.78. The fraction of sp³-hybridized carbons (Fsp3) is 0.333. The van der Waals surface area contributed by atoms with Crippen LogP contribution in [0.15, 0.2) is 24.7 Å². The van der Waals surface area contributed by atoms with Crippen LogP contribution in [-0.2, 0) is 20.0 Å². The summed E-state index contributed by atoms with van der Waals surface area (Å²) < 4.78 is 3.70. The first-order chi connectivity index (χ1) is 6.75. The summed E-state index contributed by atoms with van der Waals surface area (Å²) in [4.78, 5) is 0. The number of rotatable bonds is 3. The van der Waals surface area contributed by atoms with Crippen molar-refractivity contribution in [1.82, 2.24) is 19.6 Å². The highest BCUT2D eigenvalue weighted by Crippen LogP contribution is 2.02. The maximum absolute atomic E-state index is 5.56. The predicted molar refractivity (Wildman–Crippen MR) is 53.6 cm³/mol. The molecular weight excluding hydrogens is 178 g/mol. The molecule has 0 radical (unpaired) electrons. The minimum Gasteiger partial charge on any atom is -0.396 e. The van der Waals surface area contributed by atoms with Gasteiger partial charge in [-0.05, 0) is 6.07 Å². The number of hydrogen-bond donors (Lipinski definition) is 1. The van der Waals surface area contributed by atoms with Gasteiger partial charge < -0.3 is 5.73 Å². The van der Waals surface area contributed by atoms with Gasteiger partial charge in [0.15, 0.2) is 0 Å². The zero-order valence-corrected chi connectivity index (χ0v) is 8.09. The van der Waals surface area contributed by atoms with Crippen LogP contribution >= 0.6 is 0 Å². The standard InChI is InChI=1S/C9H13N5/c1-13-9(2-4-11-13)3-5-14-7-8(10)6-12-14/h2,4,6-7H,3,5,10H2,1H3. The molecule has 0 aromatic carbocycles. The molecule has 0 aliphatic carbocycles. The van der Waals surface area contributed by atoms with Gasteiger partial charge in [-0.3, -0.25) is 9.36 Å². The van der Waals surface area contributed by atoms with Gasteiger partial charge in [-0.2, -0.15) is 10.2 Å². The van der Waals surface area contributed by atoms with Crippen molar-refractivity contribution in [2.45, 2.75) is 13.0 Å². The summed E-state index contributed by atoms with van der Waals surface area (Å²) in [5, 5.41) is 8.20. The number of aryl methyl sites for hydroxylation is 3. The first kappa shape index (κ1) is 8.80. The van der Waals surface area contributed by atoms with Crippen molar-refractivity contribution in [3.63, 3.8) is 0 Å². The Labute approximate surface area is 82.1 Å². The van der Waals surface area contributed by atoms with E-state index in [4.69, 9.17) is 5.73 Å². The van der Waals surface area contributed by atoms with Crippen molar-refractivity contribution in [3.05, 3.63) is 30.4 Å². The largest absolute Gasteiger partial charge is 0.396 e. The first-order valence-electron chi connectivity index (χ1n) is 4.50. The van der Waals surface area contributed by atoms with Crippen LogP contribution in [0, 0.1) is 0 Å². The number of aromatic nitrogens is 4. The summed E-state index contributed by atoms with van der Waals surface area (Å²) in [7, 11) is 1.94. The summed E-state index contributed by atoms with van der Waals surface area (Å²) >= 11 is 0. The lowest BCUT2D eigenvalue weighted by Gasteiger charge is -2.01. The molecule has 5 nitrogen and oxygen atoms in total. The van der Waals surface area contributed by atoms with Gasteiger partial charge >= 0.3 is 0 Å². The van der Waals surface area contributed by atoms with Crippen molar-refractivity contribution < 1.29 is 0 Å². The van der Waals surface area contributed by atoms with Crippen molar-refractivity contribution in [1.29, 1.82) is 0 Å². The van der Waals surface area contributed by atoms with E-state index in [-0.39, 0.29) is 0 Å². The lowest BCUT2D eigenvalue weighted by Crippen LogP contribution is -2.05. The number of anilines is 1. The van der Waals surface area contributed by atoms with Gasteiger partial charge in [0.2, 0.25) is 0 Å². The molecule has 0 fully saturated rings. The average molecular weight is 191 g/mol. The fourth-order valence-electron chi connectivity index (χ4n) is 1.38. The van der Waals surface area contributed by atoms with E-state index >= 15 is 0 Å². The molecule has 0 unspecified atom stereocenters. The Morgan fingerprint density at radius 3 is 2.86 bits per heavy atom. The van der Waals surface area contributed by atoms with E-state index in [1.807, 2.05) is 28.7 Å².